The SMILES string of the molecule is Cc1ccc(OCCn2cc(C(=O)c3ccccc3F)c3ccccc32)cc1. The van der Waals surface area contributed by atoms with Crippen LogP contribution in [0.15, 0.2) is 79.0 Å². The zero-order chi connectivity index (χ0) is 19.5. The normalized spacial score (nSPS) is 10.9. The van der Waals surface area contributed by atoms with Crippen molar-refractivity contribution < 1.29 is 13.9 Å². The van der Waals surface area contributed by atoms with Gasteiger partial charge in [-0.1, -0.05) is 48.0 Å². The molecule has 0 N–H and O–H groups in total. The summed E-state index contributed by atoms with van der Waals surface area (Å²) in [6.45, 7) is 3.08. The average Bonchev–Trinajstić information content (AvgIpc) is 3.08. The molecule has 28 heavy (non-hydrogen) atoms. The summed E-state index contributed by atoms with van der Waals surface area (Å²) in [4.78, 5) is 12.9. The van der Waals surface area contributed by atoms with Gasteiger partial charge in [-0.15, -0.1) is 0 Å². The Balaban J connectivity index is 1.60. The number of para-hydroxylation sites is 1. The molecule has 0 saturated heterocycles. The molecule has 0 aliphatic carbocycles. The molecule has 4 aromatic rings. The number of nitrogens with zero attached hydrogens (tertiary/aromatic N) is 1. The van der Waals surface area contributed by atoms with Gasteiger partial charge >= 0.3 is 0 Å². The summed E-state index contributed by atoms with van der Waals surface area (Å²) in [7, 11) is 0. The first kappa shape index (κ1) is 18.0. The zero-order valence-corrected chi connectivity index (χ0v) is 15.6. The first-order chi connectivity index (χ1) is 13.6. The largest absolute Gasteiger partial charge is 0.492 e. The Kier molecular flexibility index (Phi) is 4.94. The molecule has 0 aliphatic rings. The Labute approximate surface area is 163 Å². The van der Waals surface area contributed by atoms with Crippen molar-refractivity contribution in [3.8, 4) is 5.75 Å². The van der Waals surface area contributed by atoms with E-state index in [9.17, 15) is 9.18 Å². The molecule has 0 spiro atoms. The maximum absolute atomic E-state index is 14.1. The van der Waals surface area contributed by atoms with Crippen LogP contribution >= 0.6 is 0 Å². The predicted octanol–water partition coefficient (Wildman–Crippen LogP) is 5.40. The van der Waals surface area contributed by atoms with E-state index in [1.165, 1.54) is 17.7 Å². The number of fused-ring (bicyclic) bond motifs is 1. The minimum absolute atomic E-state index is 0.0845. The van der Waals surface area contributed by atoms with Crippen molar-refractivity contribution in [2.75, 3.05) is 6.61 Å². The van der Waals surface area contributed by atoms with Crippen LogP contribution in [0.5, 0.6) is 5.75 Å². The highest BCUT2D eigenvalue weighted by Crippen LogP contribution is 2.25. The lowest BCUT2D eigenvalue weighted by Crippen LogP contribution is -2.08. The number of carbonyl (C=O) groups is 1. The van der Waals surface area contributed by atoms with Crippen LogP contribution in [0, 0.1) is 12.7 Å². The lowest BCUT2D eigenvalue weighted by atomic mass is 10.0. The quantitative estimate of drug-likeness (QED) is 0.424. The second-order valence-corrected chi connectivity index (χ2v) is 6.72. The van der Waals surface area contributed by atoms with Crippen LogP contribution in [0.4, 0.5) is 4.39 Å². The number of hydrogen-bond donors (Lipinski definition) is 0. The fraction of sp³-hybridized carbons (Fsp3) is 0.125. The molecule has 1 heterocycles. The third-order valence-corrected chi connectivity index (χ3v) is 4.77. The van der Waals surface area contributed by atoms with Crippen LogP contribution in [0.25, 0.3) is 10.9 Å². The molecule has 0 amide bonds. The number of ether oxygens (including phenoxy) is 1. The van der Waals surface area contributed by atoms with Crippen molar-refractivity contribution >= 4 is 16.7 Å². The molecule has 0 unspecified atom stereocenters. The van der Waals surface area contributed by atoms with Crippen molar-refractivity contribution in [2.45, 2.75) is 13.5 Å². The number of rotatable bonds is 6. The van der Waals surface area contributed by atoms with Crippen LogP contribution in [0.1, 0.15) is 21.5 Å². The second kappa shape index (κ2) is 7.69. The van der Waals surface area contributed by atoms with Crippen molar-refractivity contribution in [2.24, 2.45) is 0 Å². The Morgan fingerprint density at radius 2 is 1.64 bits per heavy atom. The molecule has 3 nitrogen and oxygen atoms in total. The van der Waals surface area contributed by atoms with Crippen LogP contribution < -0.4 is 4.74 Å². The molecule has 0 saturated carbocycles. The molecular weight excluding hydrogens is 353 g/mol. The third kappa shape index (κ3) is 3.54. The molecule has 1 aromatic heterocycles. The first-order valence-electron chi connectivity index (χ1n) is 9.20. The number of ketones is 1. The van der Waals surface area contributed by atoms with Crippen LogP contribution in [0.3, 0.4) is 0 Å². The van der Waals surface area contributed by atoms with E-state index in [1.54, 1.807) is 18.3 Å². The summed E-state index contributed by atoms with van der Waals surface area (Å²) < 4.78 is 21.9. The third-order valence-electron chi connectivity index (χ3n) is 4.77. The number of halogens is 1. The lowest BCUT2D eigenvalue weighted by Gasteiger charge is -2.08. The minimum atomic E-state index is -0.507. The maximum atomic E-state index is 14.1. The summed E-state index contributed by atoms with van der Waals surface area (Å²) >= 11 is 0. The molecule has 0 radical (unpaired) electrons. The van der Waals surface area contributed by atoms with Gasteiger partial charge in [0.2, 0.25) is 0 Å². The van der Waals surface area contributed by atoms with E-state index in [4.69, 9.17) is 4.74 Å². The van der Waals surface area contributed by atoms with E-state index in [-0.39, 0.29) is 11.3 Å². The van der Waals surface area contributed by atoms with Gasteiger partial charge in [-0.05, 0) is 37.3 Å². The van der Waals surface area contributed by atoms with E-state index >= 15 is 0 Å². The standard InChI is InChI=1S/C24H20FNO2/c1-17-10-12-18(13-11-17)28-15-14-26-16-21(19-6-3-5-9-23(19)26)24(27)20-7-2-4-8-22(20)25/h2-13,16H,14-15H2,1H3. The summed E-state index contributed by atoms with van der Waals surface area (Å²) in [5.41, 5.74) is 2.69. The topological polar surface area (TPSA) is 31.2 Å². The number of hydrogen-bond acceptors (Lipinski definition) is 2. The Hall–Kier alpha value is -3.40. The number of aryl methyl sites for hydroxylation is 1. The van der Waals surface area contributed by atoms with E-state index in [0.29, 0.717) is 18.7 Å². The van der Waals surface area contributed by atoms with E-state index in [2.05, 4.69) is 0 Å². The molecule has 0 aliphatic heterocycles. The fourth-order valence-electron chi connectivity index (χ4n) is 3.30. The van der Waals surface area contributed by atoms with Gasteiger partial charge in [0, 0.05) is 22.7 Å². The predicted molar refractivity (Wildman–Crippen MR) is 108 cm³/mol. The van der Waals surface area contributed by atoms with Crippen LogP contribution in [-0.2, 0) is 6.54 Å². The van der Waals surface area contributed by atoms with Crippen LogP contribution in [-0.4, -0.2) is 17.0 Å². The Morgan fingerprint density at radius 1 is 0.929 bits per heavy atom. The van der Waals surface area contributed by atoms with Crippen molar-refractivity contribution in [1.29, 1.82) is 0 Å². The van der Waals surface area contributed by atoms with Crippen LogP contribution in [0.2, 0.25) is 0 Å². The number of aromatic nitrogens is 1. The lowest BCUT2D eigenvalue weighted by molar-refractivity contribution is 0.103. The van der Waals surface area contributed by atoms with Gasteiger partial charge in [0.05, 0.1) is 12.1 Å². The first-order valence-corrected chi connectivity index (χ1v) is 9.20. The Bertz CT molecular complexity index is 1130. The molecule has 0 bridgehead atoms. The highest BCUT2D eigenvalue weighted by Gasteiger charge is 2.19. The second-order valence-electron chi connectivity index (χ2n) is 6.72. The van der Waals surface area contributed by atoms with Crippen molar-refractivity contribution in [3.63, 3.8) is 0 Å². The molecule has 0 fully saturated rings. The van der Waals surface area contributed by atoms with Gasteiger partial charge in [-0.2, -0.15) is 0 Å². The van der Waals surface area contributed by atoms with Gasteiger partial charge in [-0.3, -0.25) is 4.79 Å². The molecular formula is C24H20FNO2. The van der Waals surface area contributed by atoms with E-state index in [1.807, 2.05) is 60.0 Å². The van der Waals surface area contributed by atoms with Gasteiger partial charge < -0.3 is 9.30 Å². The molecule has 4 rings (SSSR count). The van der Waals surface area contributed by atoms with Crippen molar-refractivity contribution in [1.82, 2.24) is 4.57 Å². The Morgan fingerprint density at radius 3 is 2.43 bits per heavy atom. The molecule has 140 valence electrons. The number of carbonyl (C=O) groups excluding carboxylic acids is 1. The minimum Gasteiger partial charge on any atom is -0.492 e. The molecule has 4 heteroatoms. The molecule has 0 atom stereocenters. The summed E-state index contributed by atoms with van der Waals surface area (Å²) in [5, 5.41) is 0.811. The maximum Gasteiger partial charge on any atom is 0.198 e. The van der Waals surface area contributed by atoms with Crippen molar-refractivity contribution in [3.05, 3.63) is 102 Å². The van der Waals surface area contributed by atoms with Gasteiger partial charge in [-0.25, -0.2) is 4.39 Å². The van der Waals surface area contributed by atoms with E-state index < -0.39 is 5.82 Å². The van der Waals surface area contributed by atoms with Gasteiger partial charge in [0.1, 0.15) is 18.2 Å². The van der Waals surface area contributed by atoms with Gasteiger partial charge in [0.25, 0.3) is 0 Å². The van der Waals surface area contributed by atoms with Gasteiger partial charge in [0.15, 0.2) is 5.78 Å². The number of benzene rings is 3. The zero-order valence-electron chi connectivity index (χ0n) is 15.6. The smallest absolute Gasteiger partial charge is 0.198 e. The fourth-order valence-corrected chi connectivity index (χ4v) is 3.30. The summed E-state index contributed by atoms with van der Waals surface area (Å²) in [6, 6.07) is 21.6. The highest BCUT2D eigenvalue weighted by molar-refractivity contribution is 6.16. The molecule has 3 aromatic carbocycles. The monoisotopic (exact) mass is 373 g/mol. The van der Waals surface area contributed by atoms with E-state index in [0.717, 1.165) is 16.7 Å². The average molecular weight is 373 g/mol. The highest BCUT2D eigenvalue weighted by atomic mass is 19.1. The summed E-state index contributed by atoms with van der Waals surface area (Å²) in [6.07, 6.45) is 1.79. The summed E-state index contributed by atoms with van der Waals surface area (Å²) in [5.74, 6) is -0.00995.